The van der Waals surface area contributed by atoms with Crippen molar-refractivity contribution in [2.75, 3.05) is 32.8 Å². The number of hydrogen-bond donors (Lipinski definition) is 0. The summed E-state index contributed by atoms with van der Waals surface area (Å²) in [5.41, 5.74) is 3.49. The Hall–Kier alpha value is -1.92. The number of benzene rings is 1. The first-order valence-corrected chi connectivity index (χ1v) is 10.9. The number of hydrogen-bond acceptors (Lipinski definition) is 5. The van der Waals surface area contributed by atoms with Gasteiger partial charge in [0.15, 0.2) is 0 Å². The molecule has 2 aromatic rings. The largest absolute Gasteiger partial charge is 0.493 e. The van der Waals surface area contributed by atoms with E-state index in [0.717, 1.165) is 67.1 Å². The van der Waals surface area contributed by atoms with Gasteiger partial charge >= 0.3 is 0 Å². The van der Waals surface area contributed by atoms with E-state index in [1.807, 2.05) is 11.8 Å². The molecule has 150 valence electrons. The third kappa shape index (κ3) is 3.94. The molecule has 1 aromatic carbocycles. The van der Waals surface area contributed by atoms with Gasteiger partial charge in [-0.2, -0.15) is 0 Å². The molecule has 2 aliphatic heterocycles. The number of amides is 1. The Bertz CT molecular complexity index is 876. The van der Waals surface area contributed by atoms with Gasteiger partial charge in [0, 0.05) is 44.6 Å². The van der Waals surface area contributed by atoms with Gasteiger partial charge in [-0.05, 0) is 24.1 Å². The highest BCUT2D eigenvalue weighted by Gasteiger charge is 2.28. The van der Waals surface area contributed by atoms with Crippen molar-refractivity contribution in [1.29, 1.82) is 0 Å². The van der Waals surface area contributed by atoms with Crippen LogP contribution in [0.15, 0.2) is 18.2 Å². The van der Waals surface area contributed by atoms with Crippen LogP contribution in [-0.2, 0) is 18.4 Å². The molecule has 5 nitrogen and oxygen atoms in total. The maximum atomic E-state index is 13.0. The molecule has 3 heterocycles. The molecule has 0 saturated carbocycles. The minimum absolute atomic E-state index is 0.0203. The van der Waals surface area contributed by atoms with Gasteiger partial charge in [0.05, 0.1) is 17.3 Å². The van der Waals surface area contributed by atoms with Crippen molar-refractivity contribution in [3.05, 3.63) is 44.9 Å². The number of rotatable bonds is 3. The zero-order chi connectivity index (χ0) is 19.9. The number of aromatic nitrogens is 1. The molecular weight excluding hydrogens is 370 g/mol. The molecule has 0 N–H and O–H groups in total. The van der Waals surface area contributed by atoms with E-state index < -0.39 is 0 Å². The molecule has 0 radical (unpaired) electrons. The van der Waals surface area contributed by atoms with Gasteiger partial charge in [-0.15, -0.1) is 11.3 Å². The smallest absolute Gasteiger partial charge is 0.265 e. The van der Waals surface area contributed by atoms with Crippen molar-refractivity contribution in [2.45, 2.75) is 46.1 Å². The average molecular weight is 400 g/mol. The predicted molar refractivity (Wildman–Crippen MR) is 112 cm³/mol. The number of carbonyl (C=O) groups is 1. The molecule has 0 unspecified atom stereocenters. The maximum absolute atomic E-state index is 13.0. The third-order valence-corrected chi connectivity index (χ3v) is 7.02. The molecule has 0 atom stereocenters. The summed E-state index contributed by atoms with van der Waals surface area (Å²) in [5, 5.41) is 1.03. The van der Waals surface area contributed by atoms with E-state index >= 15 is 0 Å². The van der Waals surface area contributed by atoms with Crippen LogP contribution >= 0.6 is 11.3 Å². The summed E-state index contributed by atoms with van der Waals surface area (Å²) >= 11 is 1.56. The quantitative estimate of drug-likeness (QED) is 0.790. The van der Waals surface area contributed by atoms with Crippen LogP contribution in [0.25, 0.3) is 0 Å². The second kappa shape index (κ2) is 7.48. The van der Waals surface area contributed by atoms with Crippen molar-refractivity contribution in [3.8, 4) is 5.75 Å². The molecule has 0 aliphatic carbocycles. The first-order chi connectivity index (χ1) is 13.3. The van der Waals surface area contributed by atoms with E-state index in [-0.39, 0.29) is 11.3 Å². The monoisotopic (exact) mass is 399 g/mol. The molecule has 0 spiro atoms. The van der Waals surface area contributed by atoms with Crippen LogP contribution in [-0.4, -0.2) is 53.5 Å². The molecule has 28 heavy (non-hydrogen) atoms. The standard InChI is InChI=1S/C22H29N3O2S/c1-15-19(28-21(23-15)22(2,3)4)20(26)25-10-8-24(9-11-25)14-16-5-6-18-17(13-16)7-12-27-18/h5-6,13H,7-12,14H2,1-4H3. The SMILES string of the molecule is Cc1nc(C(C)(C)C)sc1C(=O)N1CCN(Cc2ccc3c(c2)CCO3)CC1. The number of fused-ring (bicyclic) bond motifs is 1. The lowest BCUT2D eigenvalue weighted by Gasteiger charge is -2.34. The topological polar surface area (TPSA) is 45.7 Å². The third-order valence-electron chi connectivity index (χ3n) is 5.45. The lowest BCUT2D eigenvalue weighted by molar-refractivity contribution is 0.0632. The first kappa shape index (κ1) is 19.4. The summed E-state index contributed by atoms with van der Waals surface area (Å²) in [6.45, 7) is 13.5. The van der Waals surface area contributed by atoms with Crippen molar-refractivity contribution >= 4 is 17.2 Å². The van der Waals surface area contributed by atoms with Crippen LogP contribution in [0.4, 0.5) is 0 Å². The van der Waals surface area contributed by atoms with Gasteiger partial charge in [-0.3, -0.25) is 9.69 Å². The van der Waals surface area contributed by atoms with E-state index in [4.69, 9.17) is 4.74 Å². The van der Waals surface area contributed by atoms with Gasteiger partial charge < -0.3 is 9.64 Å². The molecule has 2 aliphatic rings. The second-order valence-corrected chi connectivity index (χ2v) is 9.79. The minimum atomic E-state index is -0.0203. The van der Waals surface area contributed by atoms with Crippen LogP contribution in [0, 0.1) is 6.92 Å². The molecule has 1 fully saturated rings. The second-order valence-electron chi connectivity index (χ2n) is 8.79. The Morgan fingerprint density at radius 3 is 2.64 bits per heavy atom. The van der Waals surface area contributed by atoms with Gasteiger partial charge in [-0.25, -0.2) is 4.98 Å². The number of nitrogens with zero attached hydrogens (tertiary/aromatic N) is 3. The lowest BCUT2D eigenvalue weighted by atomic mass is 9.98. The highest BCUT2D eigenvalue weighted by molar-refractivity contribution is 7.14. The van der Waals surface area contributed by atoms with Gasteiger partial charge in [0.1, 0.15) is 10.6 Å². The van der Waals surface area contributed by atoms with E-state index in [1.54, 1.807) is 11.3 Å². The average Bonchev–Trinajstić information content (AvgIpc) is 3.27. The Morgan fingerprint density at radius 1 is 1.21 bits per heavy atom. The summed E-state index contributed by atoms with van der Waals surface area (Å²) in [4.78, 5) is 22.9. The Morgan fingerprint density at radius 2 is 1.96 bits per heavy atom. The highest BCUT2D eigenvalue weighted by atomic mass is 32.1. The van der Waals surface area contributed by atoms with E-state index in [9.17, 15) is 4.79 Å². The van der Waals surface area contributed by atoms with Crippen LogP contribution in [0.5, 0.6) is 5.75 Å². The Kier molecular flexibility index (Phi) is 5.19. The molecule has 1 aromatic heterocycles. The molecule has 1 saturated heterocycles. The summed E-state index contributed by atoms with van der Waals surface area (Å²) in [6, 6.07) is 6.53. The number of ether oxygens (including phenoxy) is 1. The normalized spacial score (nSPS) is 17.5. The summed E-state index contributed by atoms with van der Waals surface area (Å²) in [6.07, 6.45) is 1.01. The van der Waals surface area contributed by atoms with Crippen LogP contribution in [0.3, 0.4) is 0 Å². The predicted octanol–water partition coefficient (Wildman–Crippen LogP) is 3.64. The maximum Gasteiger partial charge on any atom is 0.265 e. The minimum Gasteiger partial charge on any atom is -0.493 e. The Balaban J connectivity index is 1.36. The number of aryl methyl sites for hydroxylation is 1. The van der Waals surface area contributed by atoms with Crippen molar-refractivity contribution < 1.29 is 9.53 Å². The summed E-state index contributed by atoms with van der Waals surface area (Å²) in [5.74, 6) is 1.17. The highest BCUT2D eigenvalue weighted by Crippen LogP contribution is 2.30. The molecule has 6 heteroatoms. The van der Waals surface area contributed by atoms with E-state index in [0.29, 0.717) is 0 Å². The van der Waals surface area contributed by atoms with Gasteiger partial charge in [0.2, 0.25) is 0 Å². The van der Waals surface area contributed by atoms with Crippen LogP contribution in [0.1, 0.15) is 52.3 Å². The van der Waals surface area contributed by atoms with Crippen molar-refractivity contribution in [2.24, 2.45) is 0 Å². The van der Waals surface area contributed by atoms with Gasteiger partial charge in [0.25, 0.3) is 5.91 Å². The Labute approximate surface area is 171 Å². The fraction of sp³-hybridized carbons (Fsp3) is 0.545. The summed E-state index contributed by atoms with van der Waals surface area (Å²) in [7, 11) is 0. The van der Waals surface area contributed by atoms with Crippen molar-refractivity contribution in [1.82, 2.24) is 14.8 Å². The van der Waals surface area contributed by atoms with Crippen LogP contribution < -0.4 is 4.74 Å². The zero-order valence-electron chi connectivity index (χ0n) is 17.2. The van der Waals surface area contributed by atoms with E-state index in [1.165, 1.54) is 11.1 Å². The van der Waals surface area contributed by atoms with Crippen LogP contribution in [0.2, 0.25) is 0 Å². The fourth-order valence-corrected chi connectivity index (χ4v) is 4.86. The zero-order valence-corrected chi connectivity index (χ0v) is 18.1. The number of carbonyl (C=O) groups excluding carboxylic acids is 1. The first-order valence-electron chi connectivity index (χ1n) is 10.1. The lowest BCUT2D eigenvalue weighted by Crippen LogP contribution is -2.48. The molecule has 0 bridgehead atoms. The van der Waals surface area contributed by atoms with E-state index in [2.05, 4.69) is 48.9 Å². The summed E-state index contributed by atoms with van der Waals surface area (Å²) < 4.78 is 5.60. The number of thiazole rings is 1. The van der Waals surface area contributed by atoms with Gasteiger partial charge in [-0.1, -0.05) is 32.9 Å². The molecular formula is C22H29N3O2S. The molecule has 1 amide bonds. The van der Waals surface area contributed by atoms with Crippen molar-refractivity contribution in [3.63, 3.8) is 0 Å². The fourth-order valence-electron chi connectivity index (χ4n) is 3.76. The number of piperazine rings is 1. The molecule has 4 rings (SSSR count).